The first-order valence-electron chi connectivity index (χ1n) is 3.42. The molecule has 0 atom stereocenters. The zero-order chi connectivity index (χ0) is 8.97. The van der Waals surface area contributed by atoms with Gasteiger partial charge >= 0.3 is 0 Å². The summed E-state index contributed by atoms with van der Waals surface area (Å²) in [6.07, 6.45) is 0. The predicted molar refractivity (Wildman–Crippen MR) is 50.6 cm³/mol. The first-order valence-corrected chi connectivity index (χ1v) is 4.50. The molecule has 0 saturated heterocycles. The molecule has 0 fully saturated rings. The molecule has 1 rings (SSSR count). The van der Waals surface area contributed by atoms with E-state index in [1.807, 2.05) is 6.92 Å². The second kappa shape index (κ2) is 4.78. The van der Waals surface area contributed by atoms with Crippen LogP contribution in [-0.2, 0) is 16.1 Å². The largest absolute Gasteiger partial charge is 0.435 e. The summed E-state index contributed by atoms with van der Waals surface area (Å²) in [5.41, 5.74) is 0.824. The van der Waals surface area contributed by atoms with Crippen molar-refractivity contribution in [3.8, 4) is 0 Å². The summed E-state index contributed by atoms with van der Waals surface area (Å²) in [6, 6.07) is 0. The van der Waals surface area contributed by atoms with Crippen LogP contribution in [0.1, 0.15) is 11.6 Å². The number of ether oxygens (including phenoxy) is 2. The van der Waals surface area contributed by atoms with Gasteiger partial charge in [-0.25, -0.2) is 4.98 Å². The van der Waals surface area contributed by atoms with E-state index < -0.39 is 0 Å². The maximum atomic E-state index is 5.20. The van der Waals surface area contributed by atoms with Gasteiger partial charge in [-0.1, -0.05) is 0 Å². The van der Waals surface area contributed by atoms with E-state index >= 15 is 0 Å². The molecule has 1 aromatic heterocycles. The number of hydrogen-bond donors (Lipinski definition) is 0. The van der Waals surface area contributed by atoms with E-state index in [-0.39, 0.29) is 6.79 Å². The van der Waals surface area contributed by atoms with E-state index in [2.05, 4.69) is 27.6 Å². The maximum absolute atomic E-state index is 5.20. The Hall–Kier alpha value is -0.140. The average Bonchev–Trinajstić information content (AvgIpc) is 2.31. The van der Waals surface area contributed by atoms with Crippen molar-refractivity contribution >= 4 is 22.6 Å². The first-order chi connectivity index (χ1) is 5.74. The molecular formula is C7H10INO3. The van der Waals surface area contributed by atoms with Crippen LogP contribution in [0.3, 0.4) is 0 Å². The fourth-order valence-electron chi connectivity index (χ4n) is 0.756. The quantitative estimate of drug-likeness (QED) is 0.479. The standard InChI is InChI=1S/C7H10INO3/c1-5-9-6(7(8)12-5)3-11-4-10-2/h3-4H2,1-2H3. The highest BCUT2D eigenvalue weighted by Crippen LogP contribution is 2.13. The van der Waals surface area contributed by atoms with Gasteiger partial charge in [-0.2, -0.15) is 0 Å². The normalized spacial score (nSPS) is 10.6. The molecule has 1 heterocycles. The first kappa shape index (κ1) is 9.94. The van der Waals surface area contributed by atoms with Crippen molar-refractivity contribution in [3.63, 3.8) is 0 Å². The summed E-state index contributed by atoms with van der Waals surface area (Å²) in [5, 5.41) is 0. The number of rotatable bonds is 4. The highest BCUT2D eigenvalue weighted by Gasteiger charge is 2.06. The van der Waals surface area contributed by atoms with Gasteiger partial charge in [0.15, 0.2) is 9.66 Å². The van der Waals surface area contributed by atoms with Gasteiger partial charge in [-0.05, 0) is 0 Å². The van der Waals surface area contributed by atoms with E-state index in [0.717, 1.165) is 9.46 Å². The van der Waals surface area contributed by atoms with Gasteiger partial charge in [0.1, 0.15) is 12.5 Å². The van der Waals surface area contributed by atoms with Crippen LogP contribution in [0.2, 0.25) is 0 Å². The molecule has 68 valence electrons. The lowest BCUT2D eigenvalue weighted by Gasteiger charge is -1.98. The Bertz CT molecular complexity index is 249. The van der Waals surface area contributed by atoms with Crippen LogP contribution >= 0.6 is 22.6 Å². The molecule has 5 heteroatoms. The monoisotopic (exact) mass is 283 g/mol. The van der Waals surface area contributed by atoms with Gasteiger partial charge in [0.05, 0.1) is 6.61 Å². The van der Waals surface area contributed by atoms with Crippen LogP contribution in [0, 0.1) is 10.7 Å². The molecule has 0 aliphatic carbocycles. The molecule has 0 aromatic carbocycles. The molecule has 0 spiro atoms. The lowest BCUT2D eigenvalue weighted by atomic mass is 10.5. The van der Waals surface area contributed by atoms with Gasteiger partial charge in [0, 0.05) is 36.6 Å². The van der Waals surface area contributed by atoms with E-state index in [0.29, 0.717) is 12.5 Å². The third-order valence-corrected chi connectivity index (χ3v) is 2.04. The zero-order valence-electron chi connectivity index (χ0n) is 6.96. The molecule has 4 nitrogen and oxygen atoms in total. The van der Waals surface area contributed by atoms with Crippen LogP contribution < -0.4 is 0 Å². The van der Waals surface area contributed by atoms with Crippen molar-refractivity contribution in [3.05, 3.63) is 15.4 Å². The number of oxazole rings is 1. The Morgan fingerprint density at radius 2 is 2.33 bits per heavy atom. The maximum Gasteiger partial charge on any atom is 0.192 e. The summed E-state index contributed by atoms with van der Waals surface area (Å²) in [7, 11) is 1.58. The van der Waals surface area contributed by atoms with Crippen LogP contribution in [-0.4, -0.2) is 18.9 Å². The molecular weight excluding hydrogens is 273 g/mol. The third kappa shape index (κ3) is 2.72. The molecule has 0 saturated carbocycles. The van der Waals surface area contributed by atoms with Gasteiger partial charge in [0.2, 0.25) is 0 Å². The molecule has 12 heavy (non-hydrogen) atoms. The Kier molecular flexibility index (Phi) is 3.96. The minimum absolute atomic E-state index is 0.280. The van der Waals surface area contributed by atoms with E-state index in [1.54, 1.807) is 7.11 Å². The smallest absolute Gasteiger partial charge is 0.192 e. The van der Waals surface area contributed by atoms with Gasteiger partial charge in [-0.15, -0.1) is 0 Å². The number of methoxy groups -OCH3 is 1. The van der Waals surface area contributed by atoms with Crippen LogP contribution in [0.15, 0.2) is 4.42 Å². The predicted octanol–water partition coefficient (Wildman–Crippen LogP) is 1.71. The average molecular weight is 283 g/mol. The fourth-order valence-corrected chi connectivity index (χ4v) is 1.35. The Labute approximate surface area is 84.4 Å². The Morgan fingerprint density at radius 1 is 1.58 bits per heavy atom. The molecule has 0 bridgehead atoms. The molecule has 0 aliphatic rings. The van der Waals surface area contributed by atoms with Crippen molar-refractivity contribution in [1.82, 2.24) is 4.98 Å². The Morgan fingerprint density at radius 3 is 2.83 bits per heavy atom. The summed E-state index contributed by atoms with van der Waals surface area (Å²) in [6.45, 7) is 2.52. The van der Waals surface area contributed by atoms with Crippen molar-refractivity contribution in [2.75, 3.05) is 13.9 Å². The van der Waals surface area contributed by atoms with Gasteiger partial charge in [0.25, 0.3) is 0 Å². The topological polar surface area (TPSA) is 44.5 Å². The van der Waals surface area contributed by atoms with Gasteiger partial charge in [-0.3, -0.25) is 0 Å². The lowest BCUT2D eigenvalue weighted by molar-refractivity contribution is -0.0403. The molecule has 0 radical (unpaired) electrons. The van der Waals surface area contributed by atoms with E-state index in [9.17, 15) is 0 Å². The summed E-state index contributed by atoms with van der Waals surface area (Å²) >= 11 is 2.08. The van der Waals surface area contributed by atoms with E-state index in [4.69, 9.17) is 13.9 Å². The third-order valence-electron chi connectivity index (χ3n) is 1.20. The van der Waals surface area contributed by atoms with Crippen LogP contribution in [0.4, 0.5) is 0 Å². The number of hydrogen-bond acceptors (Lipinski definition) is 4. The number of nitrogens with zero attached hydrogens (tertiary/aromatic N) is 1. The SMILES string of the molecule is COCOCc1nc(C)oc1I. The molecule has 0 N–H and O–H groups in total. The van der Waals surface area contributed by atoms with Crippen LogP contribution in [0.5, 0.6) is 0 Å². The second-order valence-electron chi connectivity index (χ2n) is 2.21. The van der Waals surface area contributed by atoms with Crippen molar-refractivity contribution < 1.29 is 13.9 Å². The minimum Gasteiger partial charge on any atom is -0.435 e. The summed E-state index contributed by atoms with van der Waals surface area (Å²) in [5.74, 6) is 0.662. The number of aryl methyl sites for hydroxylation is 1. The zero-order valence-corrected chi connectivity index (χ0v) is 9.12. The van der Waals surface area contributed by atoms with Crippen molar-refractivity contribution in [2.24, 2.45) is 0 Å². The Balaban J connectivity index is 2.45. The van der Waals surface area contributed by atoms with E-state index in [1.165, 1.54) is 0 Å². The second-order valence-corrected chi connectivity index (χ2v) is 3.19. The fraction of sp³-hybridized carbons (Fsp3) is 0.571. The lowest BCUT2D eigenvalue weighted by Crippen LogP contribution is -1.98. The molecule has 0 unspecified atom stereocenters. The van der Waals surface area contributed by atoms with Gasteiger partial charge < -0.3 is 13.9 Å². The number of halogens is 1. The minimum atomic E-state index is 0.280. The van der Waals surface area contributed by atoms with Crippen molar-refractivity contribution in [2.45, 2.75) is 13.5 Å². The molecule has 0 aliphatic heterocycles. The van der Waals surface area contributed by atoms with Crippen LogP contribution in [0.25, 0.3) is 0 Å². The summed E-state index contributed by atoms with van der Waals surface area (Å²) < 4.78 is 15.8. The number of aromatic nitrogens is 1. The summed E-state index contributed by atoms with van der Waals surface area (Å²) in [4.78, 5) is 4.13. The molecule has 1 aromatic rings. The van der Waals surface area contributed by atoms with Crippen molar-refractivity contribution in [1.29, 1.82) is 0 Å². The molecule has 0 amide bonds. The highest BCUT2D eigenvalue weighted by molar-refractivity contribution is 14.1. The highest BCUT2D eigenvalue weighted by atomic mass is 127.